The quantitative estimate of drug-likeness (QED) is 0.819. The number of carbonyl (C=O) groups is 2. The molecule has 1 aliphatic carbocycles. The third-order valence-corrected chi connectivity index (χ3v) is 5.26. The van der Waals surface area contributed by atoms with E-state index in [1.807, 2.05) is 4.90 Å². The maximum absolute atomic E-state index is 12.6. The summed E-state index contributed by atoms with van der Waals surface area (Å²) in [6.07, 6.45) is 9.09. The van der Waals surface area contributed by atoms with Gasteiger partial charge in [-0.25, -0.2) is 9.59 Å². The molecule has 144 valence electrons. The molecule has 27 heavy (non-hydrogen) atoms. The molecular weight excluding hydrogens is 346 g/mol. The number of nitrogens with zero attached hydrogens (tertiary/aromatic N) is 1. The van der Waals surface area contributed by atoms with E-state index in [-0.39, 0.29) is 11.8 Å². The zero-order chi connectivity index (χ0) is 19.4. The lowest BCUT2D eigenvalue weighted by Crippen LogP contribution is -2.35. The predicted molar refractivity (Wildman–Crippen MR) is 99.8 cm³/mol. The van der Waals surface area contributed by atoms with Crippen molar-refractivity contribution in [3.63, 3.8) is 0 Å². The Bertz CT molecular complexity index is 725. The zero-order valence-corrected chi connectivity index (χ0v) is 15.7. The Kier molecular flexibility index (Phi) is 5.84. The number of phenolic OH excluding ortho intramolecular Hbond substituents is 1. The van der Waals surface area contributed by atoms with Gasteiger partial charge in [-0.2, -0.15) is 0 Å². The molecular formula is C21H25NO5. The van der Waals surface area contributed by atoms with E-state index >= 15 is 0 Å². The maximum Gasteiger partial charge on any atom is 0.336 e. The van der Waals surface area contributed by atoms with Crippen LogP contribution in [0.5, 0.6) is 5.75 Å². The first kappa shape index (κ1) is 19.0. The van der Waals surface area contributed by atoms with Crippen LogP contribution in [0.2, 0.25) is 0 Å². The number of rotatable bonds is 4. The van der Waals surface area contributed by atoms with Gasteiger partial charge in [0.15, 0.2) is 0 Å². The summed E-state index contributed by atoms with van der Waals surface area (Å²) in [5.41, 5.74) is 1.48. The highest BCUT2D eigenvalue weighted by atomic mass is 16.5. The summed E-state index contributed by atoms with van der Waals surface area (Å²) < 4.78 is 10.00. The number of hydrogen-bond acceptors (Lipinski definition) is 6. The van der Waals surface area contributed by atoms with Gasteiger partial charge in [-0.15, -0.1) is 0 Å². The summed E-state index contributed by atoms with van der Waals surface area (Å²) in [6, 6.07) is 6.71. The number of esters is 2. The van der Waals surface area contributed by atoms with Gasteiger partial charge < -0.3 is 19.5 Å². The monoisotopic (exact) mass is 371 g/mol. The number of ether oxygens (including phenoxy) is 2. The van der Waals surface area contributed by atoms with Gasteiger partial charge in [-0.1, -0.05) is 31.4 Å². The molecule has 6 heteroatoms. The van der Waals surface area contributed by atoms with Gasteiger partial charge in [0, 0.05) is 18.4 Å². The summed E-state index contributed by atoms with van der Waals surface area (Å²) in [4.78, 5) is 27.1. The lowest BCUT2D eigenvalue weighted by atomic mass is 9.82. The minimum atomic E-state index is -0.606. The van der Waals surface area contributed by atoms with Crippen molar-refractivity contribution < 1.29 is 24.2 Å². The molecule has 3 rings (SSSR count). The Labute approximate surface area is 159 Å². The van der Waals surface area contributed by atoms with Crippen LogP contribution >= 0.6 is 0 Å². The average Bonchev–Trinajstić information content (AvgIpc) is 2.73. The highest BCUT2D eigenvalue weighted by Gasteiger charge is 2.36. The minimum absolute atomic E-state index is 0.116. The number of aromatic hydroxyl groups is 1. The molecule has 6 nitrogen and oxygen atoms in total. The average molecular weight is 371 g/mol. The fourth-order valence-electron chi connectivity index (χ4n) is 3.87. The van der Waals surface area contributed by atoms with Crippen molar-refractivity contribution in [1.29, 1.82) is 0 Å². The molecule has 1 N–H and O–H groups in total. The fraction of sp³-hybridized carbons (Fsp3) is 0.429. The summed E-state index contributed by atoms with van der Waals surface area (Å²) >= 11 is 0. The van der Waals surface area contributed by atoms with Gasteiger partial charge in [-0.05, 0) is 30.5 Å². The molecule has 2 aliphatic rings. The van der Waals surface area contributed by atoms with Crippen molar-refractivity contribution in [1.82, 2.24) is 4.90 Å². The summed E-state index contributed by atoms with van der Waals surface area (Å²) in [7, 11) is 2.66. The molecule has 0 atom stereocenters. The Morgan fingerprint density at radius 3 is 1.93 bits per heavy atom. The molecule has 0 bridgehead atoms. The summed E-state index contributed by atoms with van der Waals surface area (Å²) in [5, 5.41) is 9.59. The summed E-state index contributed by atoms with van der Waals surface area (Å²) in [6.45, 7) is 0. The second kappa shape index (κ2) is 8.29. The molecule has 0 radical (unpaired) electrons. The van der Waals surface area contributed by atoms with Crippen molar-refractivity contribution in [3.8, 4) is 5.75 Å². The van der Waals surface area contributed by atoms with Crippen LogP contribution in [0.3, 0.4) is 0 Å². The van der Waals surface area contributed by atoms with Crippen molar-refractivity contribution in [2.24, 2.45) is 0 Å². The number of benzene rings is 1. The number of phenols is 1. The largest absolute Gasteiger partial charge is 0.508 e. The van der Waals surface area contributed by atoms with Gasteiger partial charge in [0.05, 0.1) is 31.3 Å². The van der Waals surface area contributed by atoms with Crippen molar-refractivity contribution in [3.05, 3.63) is 53.4 Å². The van der Waals surface area contributed by atoms with Gasteiger partial charge in [0.2, 0.25) is 0 Å². The van der Waals surface area contributed by atoms with Crippen LogP contribution in [-0.2, 0) is 19.1 Å². The lowest BCUT2D eigenvalue weighted by Gasteiger charge is -2.36. The third-order valence-electron chi connectivity index (χ3n) is 5.26. The van der Waals surface area contributed by atoms with Crippen LogP contribution in [0.4, 0.5) is 0 Å². The highest BCUT2D eigenvalue weighted by molar-refractivity contribution is 5.98. The summed E-state index contributed by atoms with van der Waals surface area (Å²) in [5.74, 6) is -1.46. The van der Waals surface area contributed by atoms with Gasteiger partial charge in [0.25, 0.3) is 0 Å². The van der Waals surface area contributed by atoms with E-state index in [1.54, 1.807) is 24.5 Å². The van der Waals surface area contributed by atoms with E-state index < -0.39 is 17.9 Å². The molecule has 0 amide bonds. The van der Waals surface area contributed by atoms with E-state index in [4.69, 9.17) is 9.47 Å². The third kappa shape index (κ3) is 3.99. The second-order valence-corrected chi connectivity index (χ2v) is 6.92. The predicted octanol–water partition coefficient (Wildman–Crippen LogP) is 3.24. The fourth-order valence-corrected chi connectivity index (χ4v) is 3.87. The zero-order valence-electron chi connectivity index (χ0n) is 15.7. The standard InChI is InChI=1S/C21H25NO5/c1-26-20(24)17-12-22(15-6-4-3-5-7-15)13-18(21(25)27-2)19(17)14-8-10-16(23)11-9-14/h8-13,15,19,23H,3-7H2,1-2H3. The van der Waals surface area contributed by atoms with Crippen LogP contribution in [0.25, 0.3) is 0 Å². The molecule has 1 aromatic rings. The number of methoxy groups -OCH3 is 2. The Hall–Kier alpha value is -2.76. The van der Waals surface area contributed by atoms with E-state index in [0.29, 0.717) is 16.7 Å². The van der Waals surface area contributed by atoms with Gasteiger partial charge in [0.1, 0.15) is 5.75 Å². The first-order chi connectivity index (χ1) is 13.0. The van der Waals surface area contributed by atoms with E-state index in [0.717, 1.165) is 25.7 Å². The lowest BCUT2D eigenvalue weighted by molar-refractivity contribution is -0.137. The van der Waals surface area contributed by atoms with Crippen LogP contribution in [0.15, 0.2) is 47.8 Å². The molecule has 1 aliphatic heterocycles. The number of carbonyl (C=O) groups excluding carboxylic acids is 2. The molecule has 0 aromatic heterocycles. The Morgan fingerprint density at radius 1 is 0.926 bits per heavy atom. The van der Waals surface area contributed by atoms with Crippen LogP contribution in [-0.4, -0.2) is 42.2 Å². The van der Waals surface area contributed by atoms with Crippen molar-refractivity contribution in [2.45, 2.75) is 44.1 Å². The van der Waals surface area contributed by atoms with Crippen molar-refractivity contribution in [2.75, 3.05) is 14.2 Å². The molecule has 1 aromatic carbocycles. The van der Waals surface area contributed by atoms with E-state index in [1.165, 1.54) is 32.8 Å². The van der Waals surface area contributed by atoms with Gasteiger partial charge in [-0.3, -0.25) is 0 Å². The maximum atomic E-state index is 12.6. The van der Waals surface area contributed by atoms with Crippen LogP contribution < -0.4 is 0 Å². The smallest absolute Gasteiger partial charge is 0.336 e. The number of hydrogen-bond donors (Lipinski definition) is 1. The Morgan fingerprint density at radius 2 is 1.44 bits per heavy atom. The molecule has 1 saturated carbocycles. The SMILES string of the molecule is COC(=O)C1=CN(C2CCCCC2)C=C(C(=O)OC)C1c1ccc(O)cc1. The second-order valence-electron chi connectivity index (χ2n) is 6.92. The topological polar surface area (TPSA) is 76.1 Å². The molecule has 0 spiro atoms. The van der Waals surface area contributed by atoms with Gasteiger partial charge >= 0.3 is 11.9 Å². The molecule has 1 heterocycles. The van der Waals surface area contributed by atoms with Crippen molar-refractivity contribution >= 4 is 11.9 Å². The first-order valence-electron chi connectivity index (χ1n) is 9.21. The molecule has 0 saturated heterocycles. The molecule has 1 fully saturated rings. The first-order valence-corrected chi connectivity index (χ1v) is 9.21. The Balaban J connectivity index is 2.07. The minimum Gasteiger partial charge on any atom is -0.508 e. The van der Waals surface area contributed by atoms with E-state index in [2.05, 4.69) is 0 Å². The molecule has 0 unspecified atom stereocenters. The normalized spacial score (nSPS) is 18.5. The van der Waals surface area contributed by atoms with Crippen LogP contribution in [0.1, 0.15) is 43.6 Å². The highest BCUT2D eigenvalue weighted by Crippen LogP contribution is 2.39. The van der Waals surface area contributed by atoms with Crippen LogP contribution in [0, 0.1) is 0 Å². The van der Waals surface area contributed by atoms with E-state index in [9.17, 15) is 14.7 Å².